The third kappa shape index (κ3) is 3.66. The van der Waals surface area contributed by atoms with Crippen LogP contribution in [0, 0.1) is 0 Å². The summed E-state index contributed by atoms with van der Waals surface area (Å²) in [7, 11) is 0. The van der Waals surface area contributed by atoms with Crippen molar-refractivity contribution in [3.63, 3.8) is 0 Å². The summed E-state index contributed by atoms with van der Waals surface area (Å²) < 4.78 is 0. The van der Waals surface area contributed by atoms with Gasteiger partial charge in [0.1, 0.15) is 0 Å². The maximum atomic E-state index is 11.7. The number of carboxylic acid groups (broad SMARTS) is 1. The molecule has 0 bridgehead atoms. The van der Waals surface area contributed by atoms with E-state index in [0.29, 0.717) is 0 Å². The summed E-state index contributed by atoms with van der Waals surface area (Å²) in [5.74, 6) is -1.60. The lowest BCUT2D eigenvalue weighted by Gasteiger charge is -2.29. The number of aliphatic hydroxyl groups is 1. The van der Waals surface area contributed by atoms with Crippen molar-refractivity contribution in [1.82, 2.24) is 5.32 Å². The van der Waals surface area contributed by atoms with E-state index in [0.717, 1.165) is 0 Å². The standard InChI is InChI=1S/C11H19NO4/c1-6(7(2)10(15)16)9(14)12-11(4,5)8(3)13/h8,13H,1-5H3,(H,12,14)(H,15,16). The van der Waals surface area contributed by atoms with Crippen LogP contribution >= 0.6 is 0 Å². The Kier molecular flexibility index (Phi) is 4.68. The predicted octanol–water partition coefficient (Wildman–Crippen LogP) is 0.683. The Morgan fingerprint density at radius 2 is 1.62 bits per heavy atom. The monoisotopic (exact) mass is 229 g/mol. The van der Waals surface area contributed by atoms with Crippen molar-refractivity contribution in [2.24, 2.45) is 0 Å². The molecule has 0 aliphatic heterocycles. The van der Waals surface area contributed by atoms with Gasteiger partial charge >= 0.3 is 5.97 Å². The number of aliphatic carboxylic acids is 1. The van der Waals surface area contributed by atoms with E-state index in [9.17, 15) is 14.7 Å². The summed E-state index contributed by atoms with van der Waals surface area (Å²) >= 11 is 0. The minimum atomic E-state index is -1.12. The molecule has 1 atom stereocenters. The molecule has 0 rings (SSSR count). The Morgan fingerprint density at radius 1 is 1.19 bits per heavy atom. The topological polar surface area (TPSA) is 86.6 Å². The summed E-state index contributed by atoms with van der Waals surface area (Å²) in [5.41, 5.74) is -0.656. The predicted molar refractivity (Wildman–Crippen MR) is 59.9 cm³/mol. The Labute approximate surface area is 95.2 Å². The maximum Gasteiger partial charge on any atom is 0.331 e. The molecule has 0 fully saturated rings. The molecule has 3 N–H and O–H groups in total. The van der Waals surface area contributed by atoms with Gasteiger partial charge in [0.2, 0.25) is 5.91 Å². The first-order valence-corrected chi connectivity index (χ1v) is 5.01. The van der Waals surface area contributed by atoms with Crippen molar-refractivity contribution < 1.29 is 19.8 Å². The SMILES string of the molecule is CC(C(=O)O)=C(C)C(=O)NC(C)(C)C(C)O. The van der Waals surface area contributed by atoms with E-state index in [-0.39, 0.29) is 11.1 Å². The second-order valence-electron chi connectivity index (χ2n) is 4.41. The molecule has 0 aliphatic rings. The van der Waals surface area contributed by atoms with Crippen LogP contribution in [0.5, 0.6) is 0 Å². The quantitative estimate of drug-likeness (QED) is 0.619. The molecular formula is C11H19NO4. The number of amides is 1. The summed E-state index contributed by atoms with van der Waals surface area (Å²) in [4.78, 5) is 22.3. The first kappa shape index (κ1) is 14.6. The van der Waals surface area contributed by atoms with E-state index in [1.165, 1.54) is 13.8 Å². The van der Waals surface area contributed by atoms with E-state index < -0.39 is 23.5 Å². The number of carbonyl (C=O) groups excluding carboxylic acids is 1. The first-order valence-electron chi connectivity index (χ1n) is 5.01. The van der Waals surface area contributed by atoms with Crippen molar-refractivity contribution in [3.8, 4) is 0 Å². The average molecular weight is 229 g/mol. The maximum absolute atomic E-state index is 11.7. The highest BCUT2D eigenvalue weighted by Gasteiger charge is 2.27. The molecule has 0 saturated heterocycles. The van der Waals surface area contributed by atoms with Crippen LogP contribution in [0.3, 0.4) is 0 Å². The molecular weight excluding hydrogens is 210 g/mol. The smallest absolute Gasteiger partial charge is 0.331 e. The van der Waals surface area contributed by atoms with Crippen LogP contribution in [0.1, 0.15) is 34.6 Å². The van der Waals surface area contributed by atoms with Crippen molar-refractivity contribution in [2.45, 2.75) is 46.3 Å². The molecule has 5 heteroatoms. The molecule has 0 spiro atoms. The Morgan fingerprint density at radius 3 is 1.94 bits per heavy atom. The molecule has 92 valence electrons. The normalized spacial score (nSPS) is 15.1. The van der Waals surface area contributed by atoms with Gasteiger partial charge in [0, 0.05) is 11.1 Å². The lowest BCUT2D eigenvalue weighted by molar-refractivity contribution is -0.133. The molecule has 1 unspecified atom stereocenters. The molecule has 1 amide bonds. The van der Waals surface area contributed by atoms with Gasteiger partial charge in [0.05, 0.1) is 11.6 Å². The zero-order valence-electron chi connectivity index (χ0n) is 10.3. The van der Waals surface area contributed by atoms with E-state index >= 15 is 0 Å². The minimum absolute atomic E-state index is 0.00103. The van der Waals surface area contributed by atoms with Crippen LogP contribution in [0.4, 0.5) is 0 Å². The molecule has 0 aliphatic carbocycles. The highest BCUT2D eigenvalue weighted by atomic mass is 16.4. The third-order valence-electron chi connectivity index (χ3n) is 2.70. The number of rotatable bonds is 4. The molecule has 0 aromatic rings. The van der Waals surface area contributed by atoms with E-state index in [1.54, 1.807) is 20.8 Å². The number of hydrogen-bond acceptors (Lipinski definition) is 3. The lowest BCUT2D eigenvalue weighted by Crippen LogP contribution is -2.51. The lowest BCUT2D eigenvalue weighted by atomic mass is 9.98. The first-order chi connectivity index (χ1) is 7.09. The van der Waals surface area contributed by atoms with Gasteiger partial charge in [0.15, 0.2) is 0 Å². The molecule has 0 aromatic heterocycles. The van der Waals surface area contributed by atoms with E-state index in [2.05, 4.69) is 5.32 Å². The Hall–Kier alpha value is -1.36. The van der Waals surface area contributed by atoms with E-state index in [4.69, 9.17) is 5.11 Å². The zero-order chi connectivity index (χ0) is 13.1. The summed E-state index contributed by atoms with van der Waals surface area (Å²) in [6, 6.07) is 0. The van der Waals surface area contributed by atoms with Crippen LogP contribution < -0.4 is 5.32 Å². The van der Waals surface area contributed by atoms with E-state index in [1.807, 2.05) is 0 Å². The number of hydrogen-bond donors (Lipinski definition) is 3. The van der Waals surface area contributed by atoms with Crippen LogP contribution in [0.15, 0.2) is 11.1 Å². The number of aliphatic hydroxyl groups excluding tert-OH is 1. The van der Waals surface area contributed by atoms with Gasteiger partial charge in [-0.1, -0.05) is 0 Å². The van der Waals surface area contributed by atoms with Crippen LogP contribution in [-0.2, 0) is 9.59 Å². The second-order valence-corrected chi connectivity index (χ2v) is 4.41. The summed E-state index contributed by atoms with van der Waals surface area (Å²) in [6.07, 6.45) is -0.727. The molecule has 0 heterocycles. The average Bonchev–Trinajstić information content (AvgIpc) is 2.14. The molecule has 0 radical (unpaired) electrons. The third-order valence-corrected chi connectivity index (χ3v) is 2.70. The van der Waals surface area contributed by atoms with Gasteiger partial charge in [-0.3, -0.25) is 4.79 Å². The Bertz CT molecular complexity index is 329. The number of carbonyl (C=O) groups is 2. The fourth-order valence-corrected chi connectivity index (χ4v) is 0.821. The molecule has 5 nitrogen and oxygen atoms in total. The largest absolute Gasteiger partial charge is 0.478 e. The van der Waals surface area contributed by atoms with Crippen molar-refractivity contribution >= 4 is 11.9 Å². The van der Waals surface area contributed by atoms with Gasteiger partial charge in [-0.2, -0.15) is 0 Å². The fraction of sp³-hybridized carbons (Fsp3) is 0.636. The van der Waals surface area contributed by atoms with Crippen LogP contribution in [0.2, 0.25) is 0 Å². The molecule has 16 heavy (non-hydrogen) atoms. The fourth-order valence-electron chi connectivity index (χ4n) is 0.821. The Balaban J connectivity index is 4.86. The van der Waals surface area contributed by atoms with Gasteiger partial charge in [-0.15, -0.1) is 0 Å². The van der Waals surface area contributed by atoms with Gasteiger partial charge in [0.25, 0.3) is 0 Å². The summed E-state index contributed by atoms with van der Waals surface area (Å²) in [5, 5.41) is 20.7. The number of nitrogens with one attached hydrogen (secondary N) is 1. The highest BCUT2D eigenvalue weighted by molar-refractivity contribution is 6.01. The van der Waals surface area contributed by atoms with Crippen molar-refractivity contribution in [2.75, 3.05) is 0 Å². The number of carboxylic acids is 1. The van der Waals surface area contributed by atoms with Gasteiger partial charge < -0.3 is 15.5 Å². The van der Waals surface area contributed by atoms with Gasteiger partial charge in [-0.05, 0) is 34.6 Å². The van der Waals surface area contributed by atoms with Crippen LogP contribution in [-0.4, -0.2) is 33.7 Å². The van der Waals surface area contributed by atoms with Crippen LogP contribution in [0.25, 0.3) is 0 Å². The zero-order valence-corrected chi connectivity index (χ0v) is 10.3. The summed E-state index contributed by atoms with van der Waals surface area (Å²) in [6.45, 7) is 7.70. The second kappa shape index (κ2) is 5.12. The molecule has 0 aromatic carbocycles. The highest BCUT2D eigenvalue weighted by Crippen LogP contribution is 2.11. The minimum Gasteiger partial charge on any atom is -0.478 e. The van der Waals surface area contributed by atoms with Gasteiger partial charge in [-0.25, -0.2) is 4.79 Å². The van der Waals surface area contributed by atoms with Crippen molar-refractivity contribution in [3.05, 3.63) is 11.1 Å². The van der Waals surface area contributed by atoms with Crippen molar-refractivity contribution in [1.29, 1.82) is 0 Å². The molecule has 0 saturated carbocycles.